The highest BCUT2D eigenvalue weighted by molar-refractivity contribution is 5.94. The Morgan fingerprint density at radius 3 is 2.37 bits per heavy atom. The minimum atomic E-state index is -0.0819. The molecule has 2 amide bonds. The lowest BCUT2D eigenvalue weighted by atomic mass is 10.1. The minimum absolute atomic E-state index is 0.0819. The molecule has 6 nitrogen and oxygen atoms in total. The molecule has 1 N–H and O–H groups in total. The average Bonchev–Trinajstić information content (AvgIpc) is 2.75. The van der Waals surface area contributed by atoms with Gasteiger partial charge in [-0.1, -0.05) is 43.2 Å². The fourth-order valence-corrected chi connectivity index (χ4v) is 3.70. The summed E-state index contributed by atoms with van der Waals surface area (Å²) in [4.78, 5) is 33.5. The van der Waals surface area contributed by atoms with Crippen LogP contribution in [0.1, 0.15) is 48.2 Å². The molecule has 1 aliphatic heterocycles. The van der Waals surface area contributed by atoms with Crippen LogP contribution in [0.2, 0.25) is 0 Å². The predicted molar refractivity (Wildman–Crippen MR) is 120 cm³/mol. The van der Waals surface area contributed by atoms with E-state index in [1.807, 2.05) is 55.1 Å². The van der Waals surface area contributed by atoms with Gasteiger partial charge in [0.25, 0.3) is 5.91 Å². The van der Waals surface area contributed by atoms with Gasteiger partial charge >= 0.3 is 0 Å². The maximum atomic E-state index is 12.6. The molecule has 160 valence electrons. The molecule has 0 radical (unpaired) electrons. The molecule has 1 fully saturated rings. The van der Waals surface area contributed by atoms with Crippen molar-refractivity contribution in [3.8, 4) is 0 Å². The number of aromatic nitrogens is 1. The van der Waals surface area contributed by atoms with Crippen molar-refractivity contribution in [2.24, 2.45) is 0 Å². The van der Waals surface area contributed by atoms with Crippen molar-refractivity contribution in [2.45, 2.75) is 46.1 Å². The van der Waals surface area contributed by atoms with E-state index in [9.17, 15) is 9.59 Å². The molecule has 30 heavy (non-hydrogen) atoms. The first-order valence-corrected chi connectivity index (χ1v) is 10.8. The first kappa shape index (κ1) is 21.8. The van der Waals surface area contributed by atoms with Crippen LogP contribution in [0, 0.1) is 6.92 Å². The maximum absolute atomic E-state index is 12.6. The van der Waals surface area contributed by atoms with Gasteiger partial charge in [-0.25, -0.2) is 4.98 Å². The fraction of sp³-hybridized carbons (Fsp3) is 0.458. The van der Waals surface area contributed by atoms with Crippen molar-refractivity contribution >= 4 is 17.6 Å². The minimum Gasteiger partial charge on any atom is -0.353 e. The molecule has 1 atom stereocenters. The number of anilines is 1. The van der Waals surface area contributed by atoms with E-state index in [1.165, 1.54) is 5.56 Å². The molecule has 1 saturated heterocycles. The Morgan fingerprint density at radius 1 is 1.07 bits per heavy atom. The Morgan fingerprint density at radius 2 is 1.77 bits per heavy atom. The van der Waals surface area contributed by atoms with Crippen LogP contribution in [0.15, 0.2) is 42.6 Å². The van der Waals surface area contributed by atoms with E-state index in [1.54, 1.807) is 6.20 Å². The van der Waals surface area contributed by atoms with Gasteiger partial charge in [0.05, 0.1) is 12.0 Å². The zero-order valence-electron chi connectivity index (χ0n) is 18.2. The van der Waals surface area contributed by atoms with Gasteiger partial charge < -0.3 is 15.1 Å². The molecule has 6 heteroatoms. The van der Waals surface area contributed by atoms with E-state index in [0.717, 1.165) is 37.3 Å². The molecule has 1 aliphatic rings. The standard InChI is InChI=1S/C24H32N4O2/c1-4-5-19(3)26-24(30)21-10-11-22(25-17-21)27-12-14-28(15-13-27)23(29)16-20-8-6-18(2)7-9-20/h6-11,17,19H,4-5,12-16H2,1-3H3,(H,26,30). The van der Waals surface area contributed by atoms with Crippen LogP contribution in [0.4, 0.5) is 5.82 Å². The van der Waals surface area contributed by atoms with Gasteiger partial charge in [-0.15, -0.1) is 0 Å². The molecular weight excluding hydrogens is 376 g/mol. The summed E-state index contributed by atoms with van der Waals surface area (Å²) in [6, 6.07) is 12.0. The Bertz CT molecular complexity index is 841. The van der Waals surface area contributed by atoms with Crippen LogP contribution < -0.4 is 10.2 Å². The third kappa shape index (κ3) is 5.81. The molecule has 1 unspecified atom stereocenters. The van der Waals surface area contributed by atoms with Crippen LogP contribution in [-0.4, -0.2) is 53.9 Å². The van der Waals surface area contributed by atoms with E-state index in [2.05, 4.69) is 22.1 Å². The predicted octanol–water partition coefficient (Wildman–Crippen LogP) is 3.20. The second-order valence-electron chi connectivity index (χ2n) is 8.10. The summed E-state index contributed by atoms with van der Waals surface area (Å²) in [7, 11) is 0. The van der Waals surface area contributed by atoms with Crippen LogP contribution in [0.3, 0.4) is 0 Å². The Kier molecular flexibility index (Phi) is 7.44. The van der Waals surface area contributed by atoms with Crippen molar-refractivity contribution < 1.29 is 9.59 Å². The van der Waals surface area contributed by atoms with E-state index in [4.69, 9.17) is 0 Å². The van der Waals surface area contributed by atoms with Crippen LogP contribution in [-0.2, 0) is 11.2 Å². The maximum Gasteiger partial charge on any atom is 0.253 e. The third-order valence-corrected chi connectivity index (χ3v) is 5.54. The molecule has 0 spiro atoms. The summed E-state index contributed by atoms with van der Waals surface area (Å²) in [6.45, 7) is 9.02. The van der Waals surface area contributed by atoms with E-state index in [-0.39, 0.29) is 17.9 Å². The zero-order valence-corrected chi connectivity index (χ0v) is 18.2. The van der Waals surface area contributed by atoms with Crippen molar-refractivity contribution in [1.29, 1.82) is 0 Å². The molecule has 1 aromatic carbocycles. The van der Waals surface area contributed by atoms with E-state index >= 15 is 0 Å². The largest absolute Gasteiger partial charge is 0.353 e. The van der Waals surface area contributed by atoms with Gasteiger partial charge in [-0.3, -0.25) is 9.59 Å². The fourth-order valence-electron chi connectivity index (χ4n) is 3.70. The SMILES string of the molecule is CCCC(C)NC(=O)c1ccc(N2CCN(C(=O)Cc3ccc(C)cc3)CC2)nc1. The Hall–Kier alpha value is -2.89. The smallest absolute Gasteiger partial charge is 0.253 e. The first-order valence-electron chi connectivity index (χ1n) is 10.8. The summed E-state index contributed by atoms with van der Waals surface area (Å²) < 4.78 is 0. The van der Waals surface area contributed by atoms with Crippen LogP contribution >= 0.6 is 0 Å². The van der Waals surface area contributed by atoms with Crippen molar-refractivity contribution in [3.05, 3.63) is 59.3 Å². The highest BCUT2D eigenvalue weighted by Crippen LogP contribution is 2.15. The summed E-state index contributed by atoms with van der Waals surface area (Å²) in [5, 5.41) is 3.00. The normalized spacial score (nSPS) is 15.0. The number of benzene rings is 1. The Balaban J connectivity index is 1.50. The number of hydrogen-bond acceptors (Lipinski definition) is 4. The number of rotatable bonds is 7. The molecule has 2 aromatic rings. The van der Waals surface area contributed by atoms with Gasteiger partial charge in [-0.2, -0.15) is 0 Å². The quantitative estimate of drug-likeness (QED) is 0.764. The zero-order chi connectivity index (χ0) is 21.5. The molecule has 3 rings (SSSR count). The number of piperazine rings is 1. The molecule has 0 bridgehead atoms. The second-order valence-corrected chi connectivity index (χ2v) is 8.10. The number of nitrogens with zero attached hydrogens (tertiary/aromatic N) is 3. The first-order chi connectivity index (χ1) is 14.5. The van der Waals surface area contributed by atoms with Crippen LogP contribution in [0.5, 0.6) is 0 Å². The highest BCUT2D eigenvalue weighted by Gasteiger charge is 2.22. The number of nitrogens with one attached hydrogen (secondary N) is 1. The summed E-state index contributed by atoms with van der Waals surface area (Å²) in [5.74, 6) is 0.931. The molecule has 0 saturated carbocycles. The summed E-state index contributed by atoms with van der Waals surface area (Å²) in [5.41, 5.74) is 2.83. The number of aryl methyl sites for hydroxylation is 1. The summed E-state index contributed by atoms with van der Waals surface area (Å²) in [6.07, 6.45) is 4.08. The van der Waals surface area contributed by atoms with Crippen LogP contribution in [0.25, 0.3) is 0 Å². The average molecular weight is 409 g/mol. The van der Waals surface area contributed by atoms with Gasteiger partial charge in [0.15, 0.2) is 0 Å². The van der Waals surface area contributed by atoms with E-state index < -0.39 is 0 Å². The Labute approximate surface area is 179 Å². The lowest BCUT2D eigenvalue weighted by Crippen LogP contribution is -2.49. The lowest BCUT2D eigenvalue weighted by Gasteiger charge is -2.35. The van der Waals surface area contributed by atoms with Gasteiger partial charge in [0, 0.05) is 38.4 Å². The highest BCUT2D eigenvalue weighted by atomic mass is 16.2. The monoisotopic (exact) mass is 408 g/mol. The van der Waals surface area contributed by atoms with Gasteiger partial charge in [0.1, 0.15) is 5.82 Å². The number of hydrogen-bond donors (Lipinski definition) is 1. The van der Waals surface area contributed by atoms with E-state index in [0.29, 0.717) is 25.1 Å². The molecule has 1 aromatic heterocycles. The van der Waals surface area contributed by atoms with Crippen molar-refractivity contribution in [1.82, 2.24) is 15.2 Å². The second kappa shape index (κ2) is 10.2. The number of pyridine rings is 1. The topological polar surface area (TPSA) is 65.5 Å². The van der Waals surface area contributed by atoms with Gasteiger partial charge in [0.2, 0.25) is 5.91 Å². The number of carbonyl (C=O) groups excluding carboxylic acids is 2. The van der Waals surface area contributed by atoms with Gasteiger partial charge in [-0.05, 0) is 38.0 Å². The molecular formula is C24H32N4O2. The summed E-state index contributed by atoms with van der Waals surface area (Å²) >= 11 is 0. The van der Waals surface area contributed by atoms with Crippen molar-refractivity contribution in [3.63, 3.8) is 0 Å². The number of amides is 2. The molecule has 2 heterocycles. The third-order valence-electron chi connectivity index (χ3n) is 5.54. The number of carbonyl (C=O) groups is 2. The lowest BCUT2D eigenvalue weighted by molar-refractivity contribution is -0.130. The molecule has 0 aliphatic carbocycles. The van der Waals surface area contributed by atoms with Crippen molar-refractivity contribution in [2.75, 3.05) is 31.1 Å².